The average Bonchev–Trinajstić information content (AvgIpc) is 2.76. The molecule has 2 aromatic heterocycles. The van der Waals surface area contributed by atoms with Gasteiger partial charge >= 0.3 is 6.18 Å². The van der Waals surface area contributed by atoms with Gasteiger partial charge in [0, 0.05) is 18.8 Å². The van der Waals surface area contributed by atoms with Gasteiger partial charge in [-0.15, -0.1) is 0 Å². The van der Waals surface area contributed by atoms with Crippen molar-refractivity contribution in [1.82, 2.24) is 15.0 Å². The van der Waals surface area contributed by atoms with Crippen LogP contribution in [-0.4, -0.2) is 28.0 Å². The molecule has 114 valence electrons. The van der Waals surface area contributed by atoms with Crippen LogP contribution >= 0.6 is 0 Å². The maximum Gasteiger partial charge on any atom is 0.451 e. The van der Waals surface area contributed by atoms with Crippen LogP contribution in [-0.2, 0) is 6.18 Å². The predicted octanol–water partition coefficient (Wildman–Crippen LogP) is 3.52. The third-order valence-electron chi connectivity index (χ3n) is 3.81. The molecule has 1 fully saturated rings. The Hall–Kier alpha value is -1.79. The molecule has 0 bridgehead atoms. The predicted molar refractivity (Wildman–Crippen MR) is 74.2 cm³/mol. The second-order valence-electron chi connectivity index (χ2n) is 5.78. The molecular formula is C14H17F3N4. The summed E-state index contributed by atoms with van der Waals surface area (Å²) < 4.78 is 39.0. The second kappa shape index (κ2) is 4.89. The number of hydrogen-bond acceptors (Lipinski definition) is 3. The summed E-state index contributed by atoms with van der Waals surface area (Å²) in [7, 11) is 0. The number of fused-ring (bicyclic) bond motifs is 1. The molecule has 1 aliphatic heterocycles. The lowest BCUT2D eigenvalue weighted by molar-refractivity contribution is -0.144. The normalized spacial score (nSPS) is 20.2. The molecule has 3 rings (SSSR count). The van der Waals surface area contributed by atoms with Gasteiger partial charge < -0.3 is 9.88 Å². The number of aromatic amines is 1. The summed E-state index contributed by atoms with van der Waals surface area (Å²) in [4.78, 5) is 12.3. The lowest BCUT2D eigenvalue weighted by Crippen LogP contribution is -2.35. The van der Waals surface area contributed by atoms with Crippen LogP contribution in [0.25, 0.3) is 11.0 Å². The number of nitrogens with zero attached hydrogens (tertiary/aromatic N) is 3. The summed E-state index contributed by atoms with van der Waals surface area (Å²) in [6.45, 7) is 5.38. The Kier molecular flexibility index (Phi) is 3.30. The molecule has 1 unspecified atom stereocenters. The van der Waals surface area contributed by atoms with Crippen LogP contribution in [0.4, 0.5) is 19.0 Å². The number of aromatic nitrogens is 3. The van der Waals surface area contributed by atoms with Crippen LogP contribution in [0.1, 0.15) is 31.3 Å². The lowest BCUT2D eigenvalue weighted by atomic mass is 10.0. The monoisotopic (exact) mass is 298 g/mol. The highest BCUT2D eigenvalue weighted by Gasteiger charge is 2.36. The van der Waals surface area contributed by atoms with Gasteiger partial charge in [-0.3, -0.25) is 0 Å². The fraction of sp³-hybridized carbons (Fsp3) is 0.571. The minimum atomic E-state index is -4.54. The van der Waals surface area contributed by atoms with Gasteiger partial charge in [-0.2, -0.15) is 13.2 Å². The number of nitrogens with one attached hydrogen (secondary N) is 1. The zero-order valence-electron chi connectivity index (χ0n) is 12.0. The van der Waals surface area contributed by atoms with Crippen LogP contribution in [0.5, 0.6) is 0 Å². The molecule has 0 aromatic carbocycles. The van der Waals surface area contributed by atoms with Crippen molar-refractivity contribution in [2.45, 2.75) is 32.9 Å². The summed E-state index contributed by atoms with van der Waals surface area (Å²) in [5.41, 5.74) is 1.04. The van der Waals surface area contributed by atoms with Crippen LogP contribution < -0.4 is 4.90 Å². The van der Waals surface area contributed by atoms with E-state index in [0.29, 0.717) is 17.1 Å². The van der Waals surface area contributed by atoms with Gasteiger partial charge in [-0.05, 0) is 31.7 Å². The first-order valence-corrected chi connectivity index (χ1v) is 7.04. The van der Waals surface area contributed by atoms with E-state index in [9.17, 15) is 13.2 Å². The van der Waals surface area contributed by atoms with Crippen molar-refractivity contribution in [1.29, 1.82) is 0 Å². The van der Waals surface area contributed by atoms with Crippen molar-refractivity contribution in [2.24, 2.45) is 5.92 Å². The number of hydrogen-bond donors (Lipinski definition) is 1. The van der Waals surface area contributed by atoms with Crippen molar-refractivity contribution >= 4 is 16.9 Å². The van der Waals surface area contributed by atoms with Crippen molar-refractivity contribution in [3.05, 3.63) is 17.6 Å². The maximum absolute atomic E-state index is 13.0. The minimum Gasteiger partial charge on any atom is -0.356 e. The van der Waals surface area contributed by atoms with Crippen molar-refractivity contribution < 1.29 is 13.2 Å². The summed E-state index contributed by atoms with van der Waals surface area (Å²) in [6.07, 6.45) is -2.47. The van der Waals surface area contributed by atoms with Crippen LogP contribution in [0.2, 0.25) is 0 Å². The molecule has 0 spiro atoms. The Balaban J connectivity index is 2.14. The van der Waals surface area contributed by atoms with Crippen LogP contribution in [0.3, 0.4) is 0 Å². The molecule has 1 atom stereocenters. The first kappa shape index (κ1) is 14.2. The lowest BCUT2D eigenvalue weighted by Gasteiger charge is -2.32. The van der Waals surface area contributed by atoms with Crippen LogP contribution in [0.15, 0.2) is 6.07 Å². The van der Waals surface area contributed by atoms with Gasteiger partial charge in [0.25, 0.3) is 0 Å². The maximum atomic E-state index is 13.0. The number of alkyl halides is 3. The highest BCUT2D eigenvalue weighted by Crippen LogP contribution is 2.33. The first-order valence-electron chi connectivity index (χ1n) is 7.04. The molecule has 1 saturated heterocycles. The largest absolute Gasteiger partial charge is 0.451 e. The average molecular weight is 298 g/mol. The Morgan fingerprint density at radius 3 is 2.76 bits per heavy atom. The highest BCUT2D eigenvalue weighted by molar-refractivity contribution is 5.88. The van der Waals surface area contributed by atoms with Gasteiger partial charge in [0.2, 0.25) is 5.82 Å². The fourth-order valence-corrected chi connectivity index (χ4v) is 2.87. The topological polar surface area (TPSA) is 44.8 Å². The molecule has 0 saturated carbocycles. The summed E-state index contributed by atoms with van der Waals surface area (Å²) in [5.74, 6) is -0.230. The standard InChI is InChI=1S/C14H17F3N4/c1-8-4-3-5-21(7-8)12-10-6-9(2)18-11(10)19-13(20-12)14(15,16)17/h6,8H,3-5,7H2,1-2H3,(H,18,19,20). The summed E-state index contributed by atoms with van der Waals surface area (Å²) in [5, 5.41) is 0.662. The number of halogens is 3. The van der Waals surface area contributed by atoms with Gasteiger partial charge in [0.05, 0.1) is 5.39 Å². The van der Waals surface area contributed by atoms with Crippen molar-refractivity contribution in [3.63, 3.8) is 0 Å². The number of piperidine rings is 1. The van der Waals surface area contributed by atoms with Crippen LogP contribution in [0, 0.1) is 12.8 Å². The van der Waals surface area contributed by atoms with Crippen molar-refractivity contribution in [3.8, 4) is 0 Å². The Bertz CT molecular complexity index is 662. The van der Waals surface area contributed by atoms with Crippen molar-refractivity contribution in [2.75, 3.05) is 18.0 Å². The van der Waals surface area contributed by atoms with Gasteiger partial charge in [0.15, 0.2) is 0 Å². The smallest absolute Gasteiger partial charge is 0.356 e. The minimum absolute atomic E-state index is 0.253. The molecule has 0 aliphatic carbocycles. The molecule has 4 nitrogen and oxygen atoms in total. The fourth-order valence-electron chi connectivity index (χ4n) is 2.87. The zero-order valence-corrected chi connectivity index (χ0v) is 12.0. The zero-order chi connectivity index (χ0) is 15.2. The van der Waals surface area contributed by atoms with E-state index in [2.05, 4.69) is 21.9 Å². The molecule has 1 aliphatic rings. The van der Waals surface area contributed by atoms with E-state index < -0.39 is 12.0 Å². The summed E-state index contributed by atoms with van der Waals surface area (Å²) in [6, 6.07) is 1.81. The van der Waals surface area contributed by atoms with E-state index in [1.54, 1.807) is 6.92 Å². The third kappa shape index (κ3) is 2.69. The Morgan fingerprint density at radius 1 is 1.33 bits per heavy atom. The quantitative estimate of drug-likeness (QED) is 0.876. The van der Waals surface area contributed by atoms with E-state index in [1.807, 2.05) is 11.0 Å². The Morgan fingerprint density at radius 2 is 2.10 bits per heavy atom. The van der Waals surface area contributed by atoms with E-state index in [4.69, 9.17) is 0 Å². The first-order chi connectivity index (χ1) is 9.84. The van der Waals surface area contributed by atoms with Gasteiger partial charge in [-0.1, -0.05) is 6.92 Å². The number of aryl methyl sites for hydroxylation is 1. The molecule has 0 radical (unpaired) electrons. The SMILES string of the molecule is Cc1cc2c(N3CCCC(C)C3)nc(C(F)(F)F)nc2[nH]1. The highest BCUT2D eigenvalue weighted by atomic mass is 19.4. The molecule has 21 heavy (non-hydrogen) atoms. The van der Waals surface area contributed by atoms with E-state index in [-0.39, 0.29) is 5.65 Å². The van der Waals surface area contributed by atoms with Gasteiger partial charge in [0.1, 0.15) is 11.5 Å². The second-order valence-corrected chi connectivity index (χ2v) is 5.78. The third-order valence-corrected chi connectivity index (χ3v) is 3.81. The van der Waals surface area contributed by atoms with E-state index >= 15 is 0 Å². The summed E-state index contributed by atoms with van der Waals surface area (Å²) >= 11 is 0. The van der Waals surface area contributed by atoms with E-state index in [0.717, 1.165) is 31.6 Å². The van der Waals surface area contributed by atoms with Gasteiger partial charge in [-0.25, -0.2) is 9.97 Å². The number of H-pyrrole nitrogens is 1. The molecule has 1 N–H and O–H groups in total. The number of anilines is 1. The molecular weight excluding hydrogens is 281 g/mol. The molecule has 3 heterocycles. The Labute approximate surface area is 120 Å². The number of rotatable bonds is 1. The van der Waals surface area contributed by atoms with E-state index in [1.165, 1.54) is 0 Å². The molecule has 0 amide bonds. The molecule has 2 aromatic rings. The molecule has 7 heteroatoms.